The molecule has 1 aliphatic carbocycles. The predicted octanol–water partition coefficient (Wildman–Crippen LogP) is 5.70. The van der Waals surface area contributed by atoms with Gasteiger partial charge in [0.15, 0.2) is 11.6 Å². The molecule has 3 heterocycles. The molecular weight excluding hydrogens is 1100 g/mol. The van der Waals surface area contributed by atoms with Crippen molar-refractivity contribution in [3.8, 4) is 0 Å². The van der Waals surface area contributed by atoms with Crippen LogP contribution in [0.15, 0.2) is 47.6 Å². The molecule has 1 unspecified atom stereocenters. The first kappa shape index (κ1) is 69.7. The topological polar surface area (TPSA) is 349 Å². The predicted molar refractivity (Wildman–Crippen MR) is 296 cm³/mol. The lowest BCUT2D eigenvalue weighted by atomic mass is 9.78. The van der Waals surface area contributed by atoms with Gasteiger partial charge in [-0.25, -0.2) is 9.59 Å². The largest absolute Gasteiger partial charge is 0.460 e. The van der Waals surface area contributed by atoms with Gasteiger partial charge in [0, 0.05) is 71.4 Å². The first-order chi connectivity index (χ1) is 37.8. The number of nitrogens with zero attached hydrogens (tertiary/aromatic N) is 1. The summed E-state index contributed by atoms with van der Waals surface area (Å²) in [5.74, 6) is -9.19. The maximum Gasteiger partial charge on any atom is 0.407 e. The van der Waals surface area contributed by atoms with E-state index in [1.54, 1.807) is 47.8 Å². The van der Waals surface area contributed by atoms with Crippen LogP contribution in [0.25, 0.3) is 0 Å². The molecule has 81 heavy (non-hydrogen) atoms. The number of hydrogen-bond acceptors (Lipinski definition) is 17. The van der Waals surface area contributed by atoms with E-state index >= 15 is 0 Å². The number of carbonyl (C=O) groups excluding carboxylic acids is 6. The Morgan fingerprint density at radius 1 is 0.877 bits per heavy atom. The highest BCUT2D eigenvalue weighted by atomic mass is 31.2. The SMILES string of the molecule is CO[C@H]1C[C@@H]2CC[C@@H](C)[C@@](O)(O2)C(=O)C(=O)N2CCCC[C@H]2C(=O)O[C@H]([C@H](C)C[C@@H]2CC[C@@H](OC(=O)NCCCC(O)(P(=O)(O)O)P(=O)(O)O)[C@H](OC)C2)CC(=O)C(C)=CC(C)[C@@H](O)[C@@H](OC)C(=O)[C@H](C)C[C@H](C)C=CC=CC=C1C. The third-order valence-electron chi connectivity index (χ3n) is 16.6. The highest BCUT2D eigenvalue weighted by molar-refractivity contribution is 7.72. The number of aliphatic hydroxyl groups excluding tert-OH is 1. The van der Waals surface area contributed by atoms with Crippen molar-refractivity contribution in [1.82, 2.24) is 10.2 Å². The third kappa shape index (κ3) is 18.6. The molecule has 23 nitrogen and oxygen atoms in total. The van der Waals surface area contributed by atoms with Crippen molar-refractivity contribution in [3.63, 3.8) is 0 Å². The van der Waals surface area contributed by atoms with Gasteiger partial charge in [-0.15, -0.1) is 0 Å². The van der Waals surface area contributed by atoms with Crippen LogP contribution in [0.4, 0.5) is 4.79 Å². The molecule has 4 aliphatic rings. The summed E-state index contributed by atoms with van der Waals surface area (Å²) in [6.07, 6.45) is 5.99. The molecule has 0 aromatic rings. The van der Waals surface area contributed by atoms with Crippen LogP contribution < -0.4 is 5.32 Å². The fraction of sp³-hybridized carbons (Fsp3) is 0.750. The fourth-order valence-corrected chi connectivity index (χ4v) is 13.7. The Bertz CT molecular complexity index is 2380. The summed E-state index contributed by atoms with van der Waals surface area (Å²) in [7, 11) is -7.07. The number of aliphatic hydroxyl groups is 3. The third-order valence-corrected chi connectivity index (χ3v) is 20.5. The number of rotatable bonds is 13. The Labute approximate surface area is 475 Å². The van der Waals surface area contributed by atoms with E-state index in [0.29, 0.717) is 51.4 Å². The lowest BCUT2D eigenvalue weighted by Gasteiger charge is -2.42. The Kier molecular flexibility index (Phi) is 26.5. The van der Waals surface area contributed by atoms with E-state index < -0.39 is 141 Å². The quantitative estimate of drug-likeness (QED) is 0.0475. The number of cyclic esters (lactones) is 1. The van der Waals surface area contributed by atoms with Crippen LogP contribution in [0.1, 0.15) is 138 Å². The van der Waals surface area contributed by atoms with Crippen LogP contribution in [0, 0.1) is 35.5 Å². The van der Waals surface area contributed by atoms with Crippen LogP contribution in [-0.2, 0) is 61.5 Å². The van der Waals surface area contributed by atoms with Gasteiger partial charge in [-0.1, -0.05) is 71.1 Å². The van der Waals surface area contributed by atoms with E-state index in [2.05, 4.69) is 5.32 Å². The number of Topliss-reactive ketones (excluding diaryl/α,β-unsaturated/α-hetero) is 3. The highest BCUT2D eigenvalue weighted by Crippen LogP contribution is 2.69. The van der Waals surface area contributed by atoms with Gasteiger partial charge in [0.05, 0.1) is 24.4 Å². The Morgan fingerprint density at radius 2 is 1.56 bits per heavy atom. The summed E-state index contributed by atoms with van der Waals surface area (Å²) in [6.45, 7) is 11.9. The van der Waals surface area contributed by atoms with Crippen molar-refractivity contribution in [2.75, 3.05) is 34.4 Å². The van der Waals surface area contributed by atoms with Gasteiger partial charge in [-0.3, -0.25) is 28.3 Å². The summed E-state index contributed by atoms with van der Waals surface area (Å²) in [5.41, 5.74) is 1.05. The first-order valence-corrected chi connectivity index (χ1v) is 31.3. The number of hydrogen-bond donors (Lipinski definition) is 8. The number of piperidine rings is 1. The molecule has 25 heteroatoms. The minimum atomic E-state index is -5.69. The smallest absolute Gasteiger partial charge is 0.407 e. The molecule has 3 aliphatic heterocycles. The zero-order chi connectivity index (χ0) is 60.8. The van der Waals surface area contributed by atoms with E-state index in [4.69, 9.17) is 28.4 Å². The van der Waals surface area contributed by atoms with Gasteiger partial charge in [0.2, 0.25) is 5.79 Å². The Morgan fingerprint density at radius 3 is 2.19 bits per heavy atom. The molecule has 2 bridgehead atoms. The normalized spacial score (nSPS) is 33.2. The van der Waals surface area contributed by atoms with Crippen molar-refractivity contribution >= 4 is 50.5 Å². The minimum Gasteiger partial charge on any atom is -0.460 e. The lowest BCUT2D eigenvalue weighted by molar-refractivity contribution is -0.265. The molecule has 2 amide bonds. The number of methoxy groups -OCH3 is 3. The van der Waals surface area contributed by atoms with Gasteiger partial charge >= 0.3 is 27.3 Å². The summed E-state index contributed by atoms with van der Waals surface area (Å²) in [6, 6.07) is -1.26. The molecule has 4 rings (SSSR count). The second-order valence-corrected chi connectivity index (χ2v) is 26.9. The number of ether oxygens (including phenoxy) is 6. The summed E-state index contributed by atoms with van der Waals surface area (Å²) >= 11 is 0. The van der Waals surface area contributed by atoms with E-state index in [1.165, 1.54) is 14.2 Å². The second kappa shape index (κ2) is 30.8. The minimum absolute atomic E-state index is 0.00113. The van der Waals surface area contributed by atoms with Crippen LogP contribution in [-0.4, -0.2) is 169 Å². The fourth-order valence-electron chi connectivity index (χ4n) is 11.4. The summed E-state index contributed by atoms with van der Waals surface area (Å²) in [4.78, 5) is 123. The average molecular weight is 1190 g/mol. The monoisotopic (exact) mass is 1190 g/mol. The second-order valence-electron chi connectivity index (χ2n) is 22.9. The van der Waals surface area contributed by atoms with Crippen molar-refractivity contribution in [3.05, 3.63) is 47.6 Å². The van der Waals surface area contributed by atoms with Crippen molar-refractivity contribution in [2.24, 2.45) is 35.5 Å². The van der Waals surface area contributed by atoms with Gasteiger partial charge < -0.3 is 73.5 Å². The Hall–Kier alpha value is -3.80. The maximum atomic E-state index is 14.6. The molecule has 1 saturated carbocycles. The molecular formula is C56H90N2O21P2. The number of allylic oxidation sites excluding steroid dienone is 6. The van der Waals surface area contributed by atoms with Gasteiger partial charge in [0.25, 0.3) is 16.8 Å². The number of fused-ring (bicyclic) bond motifs is 3. The standard InChI is InChI=1S/C56H90N2O21P2/c1-33-17-12-11-13-18-34(2)45(74-8)31-41-22-20-39(7)56(67,79-41)51(62)52(63)58-26-15-14-19-42(58)53(64)77-46(32-43(59)35(3)28-38(6)49(61)50(76-10)48(60)37(5)27-33)36(4)29-40-21-23-44(47(30-40)75-9)78-54(65)57-25-16-24-55(66,80(68,69)70)81(71,72)73/h11-13,17-18,28,33,36-42,44-47,49-50,61,66-67H,14-16,19-27,29-32H2,1-10H3,(H,57,65)(H2,68,69,70)(H2,71,72,73)/t33-,36-,37-,38?,39-,40+,41+,42+,44-,45+,46+,47-,49-,50+,56-/m1/s1. The maximum absolute atomic E-state index is 14.6. The zero-order valence-electron chi connectivity index (χ0n) is 48.5. The molecule has 0 spiro atoms. The number of esters is 1. The van der Waals surface area contributed by atoms with Gasteiger partial charge in [-0.2, -0.15) is 0 Å². The molecule has 8 N–H and O–H groups in total. The van der Waals surface area contributed by atoms with E-state index in [0.717, 1.165) is 10.5 Å². The number of alkyl carbamates (subject to hydrolysis) is 1. The van der Waals surface area contributed by atoms with Crippen molar-refractivity contribution in [2.45, 2.75) is 198 Å². The van der Waals surface area contributed by atoms with E-state index in [-0.39, 0.29) is 62.0 Å². The van der Waals surface area contributed by atoms with E-state index in [1.807, 2.05) is 44.2 Å². The van der Waals surface area contributed by atoms with Gasteiger partial charge in [0.1, 0.15) is 24.4 Å². The molecule has 2 saturated heterocycles. The Balaban J connectivity index is 1.62. The highest BCUT2D eigenvalue weighted by Gasteiger charge is 2.59. The van der Waals surface area contributed by atoms with Gasteiger partial charge in [-0.05, 0) is 113 Å². The summed E-state index contributed by atoms with van der Waals surface area (Å²) < 4.78 is 58.7. The number of carbonyl (C=O) groups is 6. The van der Waals surface area contributed by atoms with Crippen molar-refractivity contribution < 1.29 is 101 Å². The number of amides is 2. The first-order valence-electron chi connectivity index (χ1n) is 28.1. The zero-order valence-corrected chi connectivity index (χ0v) is 50.3. The lowest BCUT2D eigenvalue weighted by Crippen LogP contribution is -2.61. The van der Waals surface area contributed by atoms with Crippen LogP contribution in [0.2, 0.25) is 0 Å². The molecule has 15 atom stereocenters. The van der Waals surface area contributed by atoms with Crippen LogP contribution in [0.3, 0.4) is 0 Å². The number of ketones is 3. The molecule has 460 valence electrons. The number of nitrogens with one attached hydrogen (secondary N) is 1. The molecule has 0 aromatic carbocycles. The molecule has 0 aromatic heterocycles. The van der Waals surface area contributed by atoms with Crippen LogP contribution in [0.5, 0.6) is 0 Å². The summed E-state index contributed by atoms with van der Waals surface area (Å²) in [5, 5.41) is 32.5. The van der Waals surface area contributed by atoms with E-state index in [9.17, 15) is 72.8 Å². The molecule has 0 radical (unpaired) electrons. The van der Waals surface area contributed by atoms with Crippen molar-refractivity contribution in [1.29, 1.82) is 0 Å². The average Bonchev–Trinajstić information content (AvgIpc) is 3.48. The molecule has 3 fully saturated rings. The van der Waals surface area contributed by atoms with Crippen LogP contribution >= 0.6 is 15.2 Å².